The smallest absolute Gasteiger partial charge is 0.306 e. The summed E-state index contributed by atoms with van der Waals surface area (Å²) >= 11 is 0. The molecule has 0 aliphatic carbocycles. The van der Waals surface area contributed by atoms with E-state index in [1.165, 1.54) is 0 Å². The van der Waals surface area contributed by atoms with Gasteiger partial charge in [0.15, 0.2) is 6.10 Å². The summed E-state index contributed by atoms with van der Waals surface area (Å²) in [6.07, 6.45) is -4.75. The number of carbonyl (C=O) groups excluding carboxylic acids is 6. The second-order valence-corrected chi connectivity index (χ2v) is 6.19. The number of ether oxygens (including phenoxy) is 6. The average molecular weight is 464 g/mol. The van der Waals surface area contributed by atoms with E-state index in [1.807, 2.05) is 0 Å². The van der Waals surface area contributed by atoms with Crippen LogP contribution in [-0.4, -0.2) is 87.7 Å². The number of rotatable bonds is 15. The van der Waals surface area contributed by atoms with E-state index in [4.69, 9.17) is 14.2 Å². The molecule has 13 heteroatoms. The van der Waals surface area contributed by atoms with Crippen molar-refractivity contribution in [1.82, 2.24) is 0 Å². The normalized spacial score (nSPS) is 12.0. The summed E-state index contributed by atoms with van der Waals surface area (Å²) in [5, 5.41) is 10.2. The van der Waals surface area contributed by atoms with Crippen molar-refractivity contribution in [1.29, 1.82) is 0 Å². The first-order valence-corrected chi connectivity index (χ1v) is 9.52. The Hall–Kier alpha value is -3.22. The van der Waals surface area contributed by atoms with Gasteiger partial charge in [0.25, 0.3) is 0 Å². The summed E-state index contributed by atoms with van der Waals surface area (Å²) < 4.78 is 27.9. The van der Waals surface area contributed by atoms with E-state index in [-0.39, 0.29) is 38.5 Å². The number of aliphatic hydroxyl groups excluding tert-OH is 1. The molecule has 0 saturated heterocycles. The zero-order valence-electron chi connectivity index (χ0n) is 18.2. The highest BCUT2D eigenvalue weighted by Gasteiger charge is 2.27. The molecule has 13 nitrogen and oxygen atoms in total. The molecule has 0 spiro atoms. The topological polar surface area (TPSA) is 178 Å². The monoisotopic (exact) mass is 464 g/mol. The van der Waals surface area contributed by atoms with Crippen LogP contribution < -0.4 is 0 Å². The summed E-state index contributed by atoms with van der Waals surface area (Å²) in [5.74, 6) is -4.46. The van der Waals surface area contributed by atoms with Crippen molar-refractivity contribution < 1.29 is 62.3 Å². The summed E-state index contributed by atoms with van der Waals surface area (Å²) in [7, 11) is 3.45. The standard InChI is InChI=1S/C19H28O13/c1-27-14(21)4-7-17(24)30-10-12(20)13(32-19(26)9-6-16(23)29-3)11-31-18(25)8-5-15(22)28-2/h12-13,20H,4-11H2,1-3H3/t12-,13-/m0/s1. The number of methoxy groups -OCH3 is 3. The third-order valence-corrected chi connectivity index (χ3v) is 3.82. The summed E-state index contributed by atoms with van der Waals surface area (Å²) in [6.45, 7) is -1.24. The van der Waals surface area contributed by atoms with E-state index in [0.29, 0.717) is 0 Å². The van der Waals surface area contributed by atoms with Crippen LogP contribution in [0.4, 0.5) is 0 Å². The predicted octanol–water partition coefficient (Wildman–Crippen LogP) is -0.795. The number of hydrogen-bond donors (Lipinski definition) is 1. The molecule has 2 atom stereocenters. The average Bonchev–Trinajstić information content (AvgIpc) is 2.79. The molecular weight excluding hydrogens is 436 g/mol. The van der Waals surface area contributed by atoms with Crippen LogP contribution >= 0.6 is 0 Å². The van der Waals surface area contributed by atoms with E-state index >= 15 is 0 Å². The SMILES string of the molecule is COC(=O)CCC(=O)OC[C@H](OC(=O)CCC(=O)OC)[C@@H](O)COC(=O)CCC(=O)OC. The molecule has 182 valence electrons. The first-order chi connectivity index (χ1) is 15.1. The molecule has 0 heterocycles. The lowest BCUT2D eigenvalue weighted by Crippen LogP contribution is -2.39. The second kappa shape index (κ2) is 16.5. The molecule has 0 aliphatic rings. The van der Waals surface area contributed by atoms with Crippen LogP contribution in [0.2, 0.25) is 0 Å². The van der Waals surface area contributed by atoms with Crippen molar-refractivity contribution in [3.63, 3.8) is 0 Å². The molecule has 0 rings (SSSR count). The van der Waals surface area contributed by atoms with E-state index in [0.717, 1.165) is 21.3 Å². The van der Waals surface area contributed by atoms with Crippen molar-refractivity contribution in [3.8, 4) is 0 Å². The third-order valence-electron chi connectivity index (χ3n) is 3.82. The Morgan fingerprint density at radius 1 is 0.562 bits per heavy atom. The van der Waals surface area contributed by atoms with Crippen LogP contribution in [0.25, 0.3) is 0 Å². The zero-order chi connectivity index (χ0) is 24.5. The van der Waals surface area contributed by atoms with Gasteiger partial charge in [-0.15, -0.1) is 0 Å². The van der Waals surface area contributed by atoms with Gasteiger partial charge in [-0.3, -0.25) is 28.8 Å². The van der Waals surface area contributed by atoms with E-state index < -0.39 is 61.2 Å². The molecule has 0 aromatic heterocycles. The molecule has 0 radical (unpaired) electrons. The number of aliphatic hydroxyl groups is 1. The predicted molar refractivity (Wildman–Crippen MR) is 102 cm³/mol. The molecule has 0 fully saturated rings. The molecule has 0 aliphatic heterocycles. The minimum Gasteiger partial charge on any atom is -0.469 e. The summed E-state index contributed by atoms with van der Waals surface area (Å²) in [6, 6.07) is 0. The first kappa shape index (κ1) is 28.8. The molecule has 0 bridgehead atoms. The van der Waals surface area contributed by atoms with Gasteiger partial charge in [-0.05, 0) is 0 Å². The van der Waals surface area contributed by atoms with Crippen LogP contribution in [0.1, 0.15) is 38.5 Å². The van der Waals surface area contributed by atoms with Crippen molar-refractivity contribution in [3.05, 3.63) is 0 Å². The Labute approximate surface area is 184 Å². The molecule has 32 heavy (non-hydrogen) atoms. The van der Waals surface area contributed by atoms with Crippen LogP contribution in [0.5, 0.6) is 0 Å². The van der Waals surface area contributed by atoms with Gasteiger partial charge in [-0.25, -0.2) is 0 Å². The Morgan fingerprint density at radius 2 is 0.906 bits per heavy atom. The third kappa shape index (κ3) is 13.9. The number of carbonyl (C=O) groups is 6. The molecule has 0 aromatic rings. The van der Waals surface area contributed by atoms with Crippen molar-refractivity contribution in [2.24, 2.45) is 0 Å². The second-order valence-electron chi connectivity index (χ2n) is 6.19. The quantitative estimate of drug-likeness (QED) is 0.235. The van der Waals surface area contributed by atoms with E-state index in [1.54, 1.807) is 0 Å². The lowest BCUT2D eigenvalue weighted by molar-refractivity contribution is -0.172. The van der Waals surface area contributed by atoms with Gasteiger partial charge < -0.3 is 33.5 Å². The minimum atomic E-state index is -1.59. The van der Waals surface area contributed by atoms with Gasteiger partial charge in [0.05, 0.1) is 59.9 Å². The lowest BCUT2D eigenvalue weighted by Gasteiger charge is -2.23. The van der Waals surface area contributed by atoms with Gasteiger partial charge in [-0.1, -0.05) is 0 Å². The maximum atomic E-state index is 11.9. The lowest BCUT2D eigenvalue weighted by atomic mass is 10.2. The summed E-state index contributed by atoms with van der Waals surface area (Å²) in [5.41, 5.74) is 0. The molecule has 0 unspecified atom stereocenters. The molecule has 0 amide bonds. The van der Waals surface area contributed by atoms with Crippen LogP contribution in [0.3, 0.4) is 0 Å². The Morgan fingerprint density at radius 3 is 1.31 bits per heavy atom. The maximum absolute atomic E-state index is 11.9. The number of esters is 6. The fraction of sp³-hybridized carbons (Fsp3) is 0.684. The Kier molecular flexibility index (Phi) is 14.8. The van der Waals surface area contributed by atoms with Crippen LogP contribution in [0.15, 0.2) is 0 Å². The van der Waals surface area contributed by atoms with Crippen molar-refractivity contribution in [2.45, 2.75) is 50.7 Å². The zero-order valence-corrected chi connectivity index (χ0v) is 18.2. The van der Waals surface area contributed by atoms with Crippen LogP contribution in [-0.2, 0) is 57.2 Å². The highest BCUT2D eigenvalue weighted by molar-refractivity contribution is 5.79. The molecule has 1 N–H and O–H groups in total. The Balaban J connectivity index is 4.80. The largest absolute Gasteiger partial charge is 0.469 e. The van der Waals surface area contributed by atoms with E-state index in [9.17, 15) is 33.9 Å². The fourth-order valence-corrected chi connectivity index (χ4v) is 1.98. The maximum Gasteiger partial charge on any atom is 0.306 e. The van der Waals surface area contributed by atoms with Gasteiger partial charge >= 0.3 is 35.8 Å². The highest BCUT2D eigenvalue weighted by atomic mass is 16.6. The van der Waals surface area contributed by atoms with Gasteiger partial charge in [0, 0.05) is 0 Å². The molecule has 0 saturated carbocycles. The molecule has 0 aromatic carbocycles. The van der Waals surface area contributed by atoms with Crippen molar-refractivity contribution >= 4 is 35.8 Å². The van der Waals surface area contributed by atoms with Gasteiger partial charge in [-0.2, -0.15) is 0 Å². The number of hydrogen-bond acceptors (Lipinski definition) is 13. The fourth-order valence-electron chi connectivity index (χ4n) is 1.98. The van der Waals surface area contributed by atoms with Crippen molar-refractivity contribution in [2.75, 3.05) is 34.5 Å². The van der Waals surface area contributed by atoms with Crippen LogP contribution in [0, 0.1) is 0 Å². The summed E-state index contributed by atoms with van der Waals surface area (Å²) in [4.78, 5) is 68.5. The minimum absolute atomic E-state index is 0.227. The Bertz CT molecular complexity index is 658. The van der Waals surface area contributed by atoms with Gasteiger partial charge in [0.1, 0.15) is 19.3 Å². The van der Waals surface area contributed by atoms with Gasteiger partial charge in [0.2, 0.25) is 0 Å². The van der Waals surface area contributed by atoms with E-state index in [2.05, 4.69) is 14.2 Å². The first-order valence-electron chi connectivity index (χ1n) is 9.52. The highest BCUT2D eigenvalue weighted by Crippen LogP contribution is 2.08. The molecular formula is C19H28O13.